The first-order chi connectivity index (χ1) is 12.8. The van der Waals surface area contributed by atoms with Crippen LogP contribution in [0.4, 0.5) is 0 Å². The van der Waals surface area contributed by atoms with Crippen molar-refractivity contribution in [2.45, 2.75) is 11.5 Å². The van der Waals surface area contributed by atoms with Crippen LogP contribution in [0.2, 0.25) is 0 Å². The van der Waals surface area contributed by atoms with E-state index in [0.29, 0.717) is 10.9 Å². The van der Waals surface area contributed by atoms with Gasteiger partial charge in [-0.25, -0.2) is 22.5 Å². The third-order valence-electron chi connectivity index (χ3n) is 3.87. The standard InChI is InChI=1S/C18H17N3O5S/c1-21(2)27(24,25)13-9-7-12(8-10-13)18(23)26-11-16-19-15-6-4-3-5-14(15)17(22)20-16/h3-10H,11H2,1-2H3,(H,19,20,22). The number of ether oxygens (including phenoxy) is 1. The van der Waals surface area contributed by atoms with E-state index in [2.05, 4.69) is 9.97 Å². The first-order valence-corrected chi connectivity index (χ1v) is 9.41. The minimum Gasteiger partial charge on any atom is -0.454 e. The number of benzene rings is 2. The number of aromatic nitrogens is 2. The van der Waals surface area contributed by atoms with E-state index in [1.807, 2.05) is 0 Å². The molecule has 0 saturated carbocycles. The molecule has 0 aliphatic carbocycles. The molecule has 3 rings (SSSR count). The van der Waals surface area contributed by atoms with Crippen LogP contribution in [-0.2, 0) is 21.4 Å². The lowest BCUT2D eigenvalue weighted by atomic mass is 10.2. The van der Waals surface area contributed by atoms with Gasteiger partial charge in [-0.1, -0.05) is 12.1 Å². The third-order valence-corrected chi connectivity index (χ3v) is 5.70. The Balaban J connectivity index is 1.74. The second kappa shape index (κ2) is 7.29. The highest BCUT2D eigenvalue weighted by atomic mass is 32.2. The molecule has 8 nitrogen and oxygen atoms in total. The van der Waals surface area contributed by atoms with Crippen LogP contribution >= 0.6 is 0 Å². The molecule has 0 amide bonds. The van der Waals surface area contributed by atoms with Crippen molar-refractivity contribution in [3.8, 4) is 0 Å². The summed E-state index contributed by atoms with van der Waals surface area (Å²) in [5.74, 6) is -0.432. The van der Waals surface area contributed by atoms with Gasteiger partial charge in [-0.15, -0.1) is 0 Å². The lowest BCUT2D eigenvalue weighted by Gasteiger charge is -2.11. The van der Waals surface area contributed by atoms with Gasteiger partial charge in [-0.05, 0) is 36.4 Å². The molecule has 0 aliphatic heterocycles. The second-order valence-electron chi connectivity index (χ2n) is 5.92. The minimum absolute atomic E-state index is 0.0737. The maximum absolute atomic E-state index is 12.2. The summed E-state index contributed by atoms with van der Waals surface area (Å²) >= 11 is 0. The van der Waals surface area contributed by atoms with Crippen molar-refractivity contribution in [1.82, 2.24) is 14.3 Å². The Kier molecular flexibility index (Phi) is 5.06. The zero-order valence-corrected chi connectivity index (χ0v) is 15.5. The summed E-state index contributed by atoms with van der Waals surface area (Å²) in [4.78, 5) is 31.1. The Morgan fingerprint density at radius 3 is 2.44 bits per heavy atom. The largest absolute Gasteiger partial charge is 0.454 e. The summed E-state index contributed by atoms with van der Waals surface area (Å²) in [6, 6.07) is 12.3. The molecule has 0 bridgehead atoms. The molecule has 0 atom stereocenters. The molecule has 0 saturated heterocycles. The molecule has 0 spiro atoms. The molecule has 3 aromatic rings. The summed E-state index contributed by atoms with van der Waals surface area (Å²) in [5.41, 5.74) is 0.381. The number of esters is 1. The molecular weight excluding hydrogens is 370 g/mol. The highest BCUT2D eigenvalue weighted by Gasteiger charge is 2.18. The number of H-pyrrole nitrogens is 1. The number of aromatic amines is 1. The van der Waals surface area contributed by atoms with Crippen molar-refractivity contribution in [1.29, 1.82) is 0 Å². The molecule has 2 aromatic carbocycles. The quantitative estimate of drug-likeness (QED) is 0.665. The molecule has 0 aliphatic rings. The van der Waals surface area contributed by atoms with E-state index in [0.717, 1.165) is 4.31 Å². The molecule has 9 heteroatoms. The van der Waals surface area contributed by atoms with Crippen molar-refractivity contribution in [2.75, 3.05) is 14.1 Å². The smallest absolute Gasteiger partial charge is 0.338 e. The number of nitrogens with zero attached hydrogens (tertiary/aromatic N) is 2. The summed E-state index contributed by atoms with van der Waals surface area (Å²) in [6.45, 7) is -0.212. The minimum atomic E-state index is -3.57. The fraction of sp³-hybridized carbons (Fsp3) is 0.167. The fourth-order valence-electron chi connectivity index (χ4n) is 2.39. The maximum atomic E-state index is 12.2. The van der Waals surface area contributed by atoms with Gasteiger partial charge in [0.05, 0.1) is 21.4 Å². The van der Waals surface area contributed by atoms with E-state index in [4.69, 9.17) is 4.74 Å². The van der Waals surface area contributed by atoms with Crippen molar-refractivity contribution < 1.29 is 17.9 Å². The van der Waals surface area contributed by atoms with Crippen LogP contribution in [0, 0.1) is 0 Å². The zero-order chi connectivity index (χ0) is 19.6. The number of carbonyl (C=O) groups excluding carboxylic acids is 1. The first-order valence-electron chi connectivity index (χ1n) is 7.96. The lowest BCUT2D eigenvalue weighted by Crippen LogP contribution is -2.22. The Hall–Kier alpha value is -3.04. The molecule has 0 unspecified atom stereocenters. The highest BCUT2D eigenvalue weighted by molar-refractivity contribution is 7.89. The van der Waals surface area contributed by atoms with Gasteiger partial charge in [-0.3, -0.25) is 4.79 Å². The first kappa shape index (κ1) is 18.7. The Morgan fingerprint density at radius 1 is 1.11 bits per heavy atom. The van der Waals surface area contributed by atoms with E-state index < -0.39 is 16.0 Å². The predicted octanol–water partition coefficient (Wildman–Crippen LogP) is 1.53. The number of sulfonamides is 1. The Labute approximate surface area is 155 Å². The molecule has 140 valence electrons. The lowest BCUT2D eigenvalue weighted by molar-refractivity contribution is 0.0462. The van der Waals surface area contributed by atoms with Crippen molar-refractivity contribution >= 4 is 26.9 Å². The van der Waals surface area contributed by atoms with Gasteiger partial charge >= 0.3 is 5.97 Å². The van der Waals surface area contributed by atoms with E-state index in [9.17, 15) is 18.0 Å². The van der Waals surface area contributed by atoms with E-state index in [1.54, 1.807) is 24.3 Å². The third kappa shape index (κ3) is 3.88. The number of rotatable bonds is 5. The number of hydrogen-bond donors (Lipinski definition) is 1. The monoisotopic (exact) mass is 387 g/mol. The van der Waals surface area contributed by atoms with Gasteiger partial charge in [-0.2, -0.15) is 0 Å². The summed E-state index contributed by atoms with van der Waals surface area (Å²) in [7, 11) is -0.718. The SMILES string of the molecule is CN(C)S(=O)(=O)c1ccc(C(=O)OCc2nc3ccccc3c(=O)[nH]2)cc1. The van der Waals surface area contributed by atoms with Crippen LogP contribution in [0.1, 0.15) is 16.2 Å². The summed E-state index contributed by atoms with van der Waals surface area (Å²) < 4.78 is 30.3. The number of para-hydroxylation sites is 1. The average Bonchev–Trinajstić information content (AvgIpc) is 2.66. The predicted molar refractivity (Wildman–Crippen MR) is 98.8 cm³/mol. The number of fused-ring (bicyclic) bond motifs is 1. The molecule has 1 N–H and O–H groups in total. The molecule has 0 radical (unpaired) electrons. The van der Waals surface area contributed by atoms with Crippen LogP contribution in [0.15, 0.2) is 58.2 Å². The number of nitrogens with one attached hydrogen (secondary N) is 1. The number of hydrogen-bond acceptors (Lipinski definition) is 6. The van der Waals surface area contributed by atoms with Crippen LogP contribution in [0.25, 0.3) is 10.9 Å². The van der Waals surface area contributed by atoms with Crippen molar-refractivity contribution in [3.63, 3.8) is 0 Å². The van der Waals surface area contributed by atoms with E-state index in [-0.39, 0.29) is 28.4 Å². The molecule has 1 aromatic heterocycles. The van der Waals surface area contributed by atoms with Crippen molar-refractivity contribution in [2.24, 2.45) is 0 Å². The van der Waals surface area contributed by atoms with Crippen LogP contribution in [-0.4, -0.2) is 42.8 Å². The molecule has 0 fully saturated rings. The topological polar surface area (TPSA) is 109 Å². The van der Waals surface area contributed by atoms with Crippen LogP contribution < -0.4 is 5.56 Å². The Morgan fingerprint density at radius 2 is 1.78 bits per heavy atom. The van der Waals surface area contributed by atoms with Gasteiger partial charge in [0, 0.05) is 14.1 Å². The fourth-order valence-corrected chi connectivity index (χ4v) is 3.30. The van der Waals surface area contributed by atoms with Crippen LogP contribution in [0.5, 0.6) is 0 Å². The molecular formula is C18H17N3O5S. The van der Waals surface area contributed by atoms with Gasteiger partial charge in [0.15, 0.2) is 0 Å². The van der Waals surface area contributed by atoms with E-state index in [1.165, 1.54) is 38.4 Å². The van der Waals surface area contributed by atoms with Gasteiger partial charge in [0.1, 0.15) is 12.4 Å². The molecule has 1 heterocycles. The Bertz CT molecular complexity index is 1150. The van der Waals surface area contributed by atoms with Gasteiger partial charge in [0.25, 0.3) is 5.56 Å². The van der Waals surface area contributed by atoms with Crippen molar-refractivity contribution in [3.05, 3.63) is 70.3 Å². The van der Waals surface area contributed by atoms with E-state index >= 15 is 0 Å². The van der Waals surface area contributed by atoms with Gasteiger partial charge in [0.2, 0.25) is 10.0 Å². The normalized spacial score (nSPS) is 11.7. The summed E-state index contributed by atoms with van der Waals surface area (Å²) in [6.07, 6.45) is 0. The zero-order valence-electron chi connectivity index (χ0n) is 14.7. The second-order valence-corrected chi connectivity index (χ2v) is 8.07. The van der Waals surface area contributed by atoms with Crippen LogP contribution in [0.3, 0.4) is 0 Å². The maximum Gasteiger partial charge on any atom is 0.338 e. The average molecular weight is 387 g/mol. The van der Waals surface area contributed by atoms with Gasteiger partial charge < -0.3 is 9.72 Å². The summed E-state index contributed by atoms with van der Waals surface area (Å²) in [5, 5.41) is 0.449. The molecule has 27 heavy (non-hydrogen) atoms. The number of carbonyl (C=O) groups is 1. The highest BCUT2D eigenvalue weighted by Crippen LogP contribution is 2.15.